The number of H-pyrrole nitrogens is 1. The number of nitrogens with one attached hydrogen (secondary N) is 1. The minimum Gasteiger partial charge on any atom is -0.387 e. The summed E-state index contributed by atoms with van der Waals surface area (Å²) >= 11 is 0. The zero-order valence-corrected chi connectivity index (χ0v) is 11.5. The van der Waals surface area contributed by atoms with Crippen molar-refractivity contribution in [3.63, 3.8) is 0 Å². The summed E-state index contributed by atoms with van der Waals surface area (Å²) in [5.74, 6) is 0.301. The summed E-state index contributed by atoms with van der Waals surface area (Å²) in [4.78, 5) is 31.8. The van der Waals surface area contributed by atoms with Crippen LogP contribution in [-0.2, 0) is 11.2 Å². The lowest BCUT2D eigenvalue weighted by Crippen LogP contribution is -2.41. The van der Waals surface area contributed by atoms with E-state index in [1.807, 2.05) is 6.92 Å². The largest absolute Gasteiger partial charge is 0.387 e. The van der Waals surface area contributed by atoms with E-state index >= 15 is 0 Å². The minimum absolute atomic E-state index is 0.0383. The van der Waals surface area contributed by atoms with Crippen molar-refractivity contribution in [1.82, 2.24) is 14.9 Å². The van der Waals surface area contributed by atoms with Crippen LogP contribution in [0.25, 0.3) is 0 Å². The Balaban J connectivity index is 1.70. The SMILES string of the molecule is C[C@@H]1CN(C(=O)Cc2cnc[nH]c2=O)C[C@@]1(O)C1CC1. The molecule has 1 saturated carbocycles. The molecular formula is C14H19N3O3. The highest BCUT2D eigenvalue weighted by molar-refractivity contribution is 5.79. The van der Waals surface area contributed by atoms with Gasteiger partial charge < -0.3 is 15.0 Å². The fourth-order valence-corrected chi connectivity index (χ4v) is 3.09. The van der Waals surface area contributed by atoms with Gasteiger partial charge in [-0.25, -0.2) is 4.98 Å². The van der Waals surface area contributed by atoms with E-state index in [0.29, 0.717) is 24.6 Å². The van der Waals surface area contributed by atoms with E-state index in [4.69, 9.17) is 0 Å². The number of nitrogens with zero attached hydrogens (tertiary/aromatic N) is 2. The van der Waals surface area contributed by atoms with Gasteiger partial charge >= 0.3 is 0 Å². The topological polar surface area (TPSA) is 86.3 Å². The quantitative estimate of drug-likeness (QED) is 0.810. The van der Waals surface area contributed by atoms with Crippen LogP contribution in [0.1, 0.15) is 25.3 Å². The van der Waals surface area contributed by atoms with E-state index in [1.54, 1.807) is 4.90 Å². The Morgan fingerprint density at radius 1 is 1.60 bits per heavy atom. The van der Waals surface area contributed by atoms with Crippen molar-refractivity contribution in [3.8, 4) is 0 Å². The number of aromatic nitrogens is 2. The maximum absolute atomic E-state index is 12.3. The lowest BCUT2D eigenvalue weighted by atomic mass is 9.88. The van der Waals surface area contributed by atoms with E-state index in [0.717, 1.165) is 12.8 Å². The van der Waals surface area contributed by atoms with Crippen molar-refractivity contribution in [2.45, 2.75) is 31.8 Å². The minimum atomic E-state index is -0.739. The Bertz CT molecular complexity index is 581. The summed E-state index contributed by atoms with van der Waals surface area (Å²) in [6, 6.07) is 0. The first-order valence-electron chi connectivity index (χ1n) is 7.02. The van der Waals surface area contributed by atoms with Crippen molar-refractivity contribution in [2.24, 2.45) is 11.8 Å². The molecule has 0 aromatic carbocycles. The van der Waals surface area contributed by atoms with E-state index in [9.17, 15) is 14.7 Å². The van der Waals surface area contributed by atoms with Crippen LogP contribution >= 0.6 is 0 Å². The fraction of sp³-hybridized carbons (Fsp3) is 0.643. The molecule has 1 aliphatic carbocycles. The van der Waals surface area contributed by atoms with Gasteiger partial charge in [-0.15, -0.1) is 0 Å². The second-order valence-corrected chi connectivity index (χ2v) is 6.02. The molecule has 0 unspecified atom stereocenters. The van der Waals surface area contributed by atoms with Crippen LogP contribution in [0.4, 0.5) is 0 Å². The van der Waals surface area contributed by atoms with Crippen molar-refractivity contribution in [1.29, 1.82) is 0 Å². The molecule has 1 aromatic rings. The molecule has 20 heavy (non-hydrogen) atoms. The molecule has 2 aliphatic rings. The van der Waals surface area contributed by atoms with E-state index < -0.39 is 5.60 Å². The van der Waals surface area contributed by atoms with Gasteiger partial charge in [-0.2, -0.15) is 0 Å². The van der Waals surface area contributed by atoms with Gasteiger partial charge in [0.1, 0.15) is 0 Å². The zero-order chi connectivity index (χ0) is 14.3. The van der Waals surface area contributed by atoms with E-state index in [1.165, 1.54) is 12.5 Å². The number of β-amino-alcohol motifs (C(OH)–C–C–N with tert-alkyl or cyclic N) is 1. The van der Waals surface area contributed by atoms with Crippen molar-refractivity contribution in [3.05, 3.63) is 28.4 Å². The van der Waals surface area contributed by atoms with Gasteiger partial charge in [0.15, 0.2) is 0 Å². The van der Waals surface area contributed by atoms with Crippen LogP contribution in [0, 0.1) is 11.8 Å². The molecule has 2 N–H and O–H groups in total. The Morgan fingerprint density at radius 2 is 2.35 bits per heavy atom. The Morgan fingerprint density at radius 3 is 3.00 bits per heavy atom. The van der Waals surface area contributed by atoms with E-state index in [-0.39, 0.29) is 23.8 Å². The number of hydrogen-bond acceptors (Lipinski definition) is 4. The molecule has 2 fully saturated rings. The second kappa shape index (κ2) is 4.70. The van der Waals surface area contributed by atoms with Crippen molar-refractivity contribution in [2.75, 3.05) is 13.1 Å². The number of hydrogen-bond donors (Lipinski definition) is 2. The van der Waals surface area contributed by atoms with Gasteiger partial charge in [0.05, 0.1) is 18.3 Å². The molecule has 6 heteroatoms. The summed E-state index contributed by atoms with van der Waals surface area (Å²) < 4.78 is 0. The molecule has 0 bridgehead atoms. The van der Waals surface area contributed by atoms with Crippen LogP contribution in [0.2, 0.25) is 0 Å². The van der Waals surface area contributed by atoms with Crippen LogP contribution in [0.5, 0.6) is 0 Å². The molecule has 108 valence electrons. The Labute approximate surface area is 116 Å². The maximum atomic E-state index is 12.3. The highest BCUT2D eigenvalue weighted by Gasteiger charge is 2.53. The fourth-order valence-electron chi connectivity index (χ4n) is 3.09. The smallest absolute Gasteiger partial charge is 0.254 e. The van der Waals surface area contributed by atoms with Crippen molar-refractivity contribution >= 4 is 5.91 Å². The third kappa shape index (κ3) is 2.24. The van der Waals surface area contributed by atoms with Crippen LogP contribution < -0.4 is 5.56 Å². The molecule has 1 amide bonds. The number of carbonyl (C=O) groups excluding carboxylic acids is 1. The summed E-state index contributed by atoms with van der Waals surface area (Å²) in [6.45, 7) is 2.93. The van der Waals surface area contributed by atoms with Crippen LogP contribution in [0.3, 0.4) is 0 Å². The Kier molecular flexibility index (Phi) is 3.12. The van der Waals surface area contributed by atoms with Gasteiger partial charge in [-0.1, -0.05) is 6.92 Å². The first-order chi connectivity index (χ1) is 9.50. The van der Waals surface area contributed by atoms with Crippen LogP contribution in [-0.4, -0.2) is 44.6 Å². The summed E-state index contributed by atoms with van der Waals surface area (Å²) in [6.07, 6.45) is 4.86. The third-order valence-corrected chi connectivity index (χ3v) is 4.56. The average Bonchev–Trinajstić information content (AvgIpc) is 3.21. The number of aliphatic hydroxyl groups is 1. The number of carbonyl (C=O) groups is 1. The van der Waals surface area contributed by atoms with Gasteiger partial charge in [-0.3, -0.25) is 9.59 Å². The summed E-state index contributed by atoms with van der Waals surface area (Å²) in [5.41, 5.74) is -0.651. The molecule has 2 atom stereocenters. The van der Waals surface area contributed by atoms with Crippen molar-refractivity contribution < 1.29 is 9.90 Å². The highest BCUT2D eigenvalue weighted by Crippen LogP contribution is 2.47. The third-order valence-electron chi connectivity index (χ3n) is 4.56. The first-order valence-corrected chi connectivity index (χ1v) is 7.02. The standard InChI is InChI=1S/C14H19N3O3/c1-9-6-17(7-14(9,20)11-2-3-11)12(18)4-10-5-15-8-16-13(10)19/h5,8-9,11,20H,2-4,6-7H2,1H3,(H,15,16,19)/t9-,14+/m1/s1. The zero-order valence-electron chi connectivity index (χ0n) is 11.5. The summed E-state index contributed by atoms with van der Waals surface area (Å²) in [5, 5.41) is 10.7. The molecule has 0 radical (unpaired) electrons. The first kappa shape index (κ1) is 13.3. The lowest BCUT2D eigenvalue weighted by molar-refractivity contribution is -0.130. The molecule has 1 aromatic heterocycles. The number of rotatable bonds is 3. The molecule has 1 aliphatic heterocycles. The number of likely N-dealkylation sites (tertiary alicyclic amines) is 1. The lowest BCUT2D eigenvalue weighted by Gasteiger charge is -2.26. The number of aromatic amines is 1. The van der Waals surface area contributed by atoms with Gasteiger partial charge in [0.2, 0.25) is 5.91 Å². The van der Waals surface area contributed by atoms with Gasteiger partial charge in [-0.05, 0) is 18.8 Å². The summed E-state index contributed by atoms with van der Waals surface area (Å²) in [7, 11) is 0. The maximum Gasteiger partial charge on any atom is 0.254 e. The Hall–Kier alpha value is -1.69. The predicted molar refractivity (Wildman–Crippen MR) is 72.0 cm³/mol. The monoisotopic (exact) mass is 277 g/mol. The number of amides is 1. The molecular weight excluding hydrogens is 258 g/mol. The second-order valence-electron chi connectivity index (χ2n) is 6.02. The highest BCUT2D eigenvalue weighted by atomic mass is 16.3. The normalized spacial score (nSPS) is 29.7. The van der Waals surface area contributed by atoms with E-state index in [2.05, 4.69) is 9.97 Å². The molecule has 6 nitrogen and oxygen atoms in total. The van der Waals surface area contributed by atoms with Gasteiger partial charge in [0, 0.05) is 30.8 Å². The molecule has 0 spiro atoms. The molecule has 1 saturated heterocycles. The van der Waals surface area contributed by atoms with Gasteiger partial charge in [0.25, 0.3) is 5.56 Å². The van der Waals surface area contributed by atoms with Crippen LogP contribution in [0.15, 0.2) is 17.3 Å². The predicted octanol–water partition coefficient (Wildman–Crippen LogP) is -0.0682. The molecule has 2 heterocycles. The average molecular weight is 277 g/mol. The molecule has 3 rings (SSSR count).